The molecule has 3 unspecified atom stereocenters. The van der Waals surface area contributed by atoms with Gasteiger partial charge in [-0.2, -0.15) is 0 Å². The van der Waals surface area contributed by atoms with E-state index in [1.807, 2.05) is 0 Å². The molecule has 1 amide bonds. The maximum Gasteiger partial charge on any atom is 0.404 e. The molecule has 6 nitrogen and oxygen atoms in total. The summed E-state index contributed by atoms with van der Waals surface area (Å²) in [5.74, 6) is 2.22. The van der Waals surface area contributed by atoms with E-state index in [9.17, 15) is 4.79 Å². The van der Waals surface area contributed by atoms with Gasteiger partial charge in [-0.05, 0) is 25.7 Å². The Morgan fingerprint density at radius 3 is 1.92 bits per heavy atom. The summed E-state index contributed by atoms with van der Waals surface area (Å²) in [6.07, 6.45) is 11.4. The van der Waals surface area contributed by atoms with E-state index in [0.29, 0.717) is 12.2 Å². The lowest BCUT2D eigenvalue weighted by atomic mass is 10.1. The van der Waals surface area contributed by atoms with Crippen LogP contribution in [0.2, 0.25) is 0 Å². The van der Waals surface area contributed by atoms with E-state index in [1.54, 1.807) is 0 Å². The molecule has 148 valence electrons. The summed E-state index contributed by atoms with van der Waals surface area (Å²) in [4.78, 5) is 10.2. The molecular formula is C19H37NO5. The zero-order chi connectivity index (χ0) is 19.5. The molecule has 0 aromatic carbocycles. The summed E-state index contributed by atoms with van der Waals surface area (Å²) in [7, 11) is 0. The van der Waals surface area contributed by atoms with Gasteiger partial charge in [0.2, 0.25) is 0 Å². The van der Waals surface area contributed by atoms with Crippen LogP contribution < -0.4 is 5.73 Å². The molecule has 3 atom stereocenters. The van der Waals surface area contributed by atoms with E-state index in [0.717, 1.165) is 12.8 Å². The van der Waals surface area contributed by atoms with Crippen molar-refractivity contribution in [1.29, 1.82) is 0 Å². The van der Waals surface area contributed by atoms with Gasteiger partial charge in [-0.15, -0.1) is 6.42 Å². The van der Waals surface area contributed by atoms with Crippen molar-refractivity contribution in [2.24, 2.45) is 5.73 Å². The summed E-state index contributed by atoms with van der Waals surface area (Å²) in [5.41, 5.74) is 4.71. The van der Waals surface area contributed by atoms with Crippen molar-refractivity contribution in [2.75, 3.05) is 19.8 Å². The van der Waals surface area contributed by atoms with Gasteiger partial charge in [0.15, 0.2) is 0 Å². The molecule has 0 saturated carbocycles. The van der Waals surface area contributed by atoms with Crippen LogP contribution in [-0.4, -0.2) is 49.3 Å². The Kier molecular flexibility index (Phi) is 19.8. The van der Waals surface area contributed by atoms with Crippen molar-refractivity contribution < 1.29 is 24.1 Å². The van der Waals surface area contributed by atoms with Crippen LogP contribution in [-0.2, 0) is 14.2 Å². The molecule has 0 spiro atoms. The zero-order valence-electron chi connectivity index (χ0n) is 16.3. The number of aliphatic hydroxyl groups excluding tert-OH is 1. The van der Waals surface area contributed by atoms with Crippen LogP contribution in [0.4, 0.5) is 4.79 Å². The Labute approximate surface area is 153 Å². The lowest BCUT2D eigenvalue weighted by Crippen LogP contribution is -2.29. The second kappa shape index (κ2) is 19.0. The second-order valence-corrected chi connectivity index (χ2v) is 5.73. The number of amides is 1. The molecule has 0 fully saturated rings. The topological polar surface area (TPSA) is 91.0 Å². The highest BCUT2D eigenvalue weighted by molar-refractivity contribution is 5.64. The molecule has 6 heteroatoms. The Balaban J connectivity index is 0. The Bertz CT molecular complexity index is 331. The minimum Gasteiger partial charge on any atom is -0.441 e. The number of rotatable bonds is 13. The number of aliphatic hydroxyl groups is 1. The fourth-order valence-corrected chi connectivity index (χ4v) is 2.19. The number of primary amides is 1. The minimum atomic E-state index is -0.946. The van der Waals surface area contributed by atoms with Gasteiger partial charge >= 0.3 is 6.09 Å². The van der Waals surface area contributed by atoms with E-state index in [2.05, 4.69) is 38.4 Å². The highest BCUT2D eigenvalue weighted by Gasteiger charge is 2.12. The number of nitrogens with two attached hydrogens (primary N) is 1. The molecule has 0 rings (SSSR count). The molecule has 0 saturated heterocycles. The van der Waals surface area contributed by atoms with E-state index >= 15 is 0 Å². The van der Waals surface area contributed by atoms with E-state index < -0.39 is 12.2 Å². The summed E-state index contributed by atoms with van der Waals surface area (Å²) >= 11 is 0. The lowest BCUT2D eigenvalue weighted by molar-refractivity contribution is -0.0241. The quantitative estimate of drug-likeness (QED) is 0.389. The molecule has 0 aliphatic heterocycles. The van der Waals surface area contributed by atoms with Crippen LogP contribution in [0.3, 0.4) is 0 Å². The van der Waals surface area contributed by atoms with E-state index in [4.69, 9.17) is 26.7 Å². The van der Waals surface area contributed by atoms with Crippen molar-refractivity contribution >= 4 is 6.09 Å². The first-order valence-corrected chi connectivity index (χ1v) is 9.22. The third-order valence-electron chi connectivity index (χ3n) is 3.49. The summed E-state index contributed by atoms with van der Waals surface area (Å²) in [6, 6.07) is 0. The van der Waals surface area contributed by atoms with E-state index in [-0.39, 0.29) is 19.8 Å². The Morgan fingerprint density at radius 2 is 1.60 bits per heavy atom. The molecular weight excluding hydrogens is 322 g/mol. The third-order valence-corrected chi connectivity index (χ3v) is 3.49. The first-order valence-electron chi connectivity index (χ1n) is 9.22. The smallest absolute Gasteiger partial charge is 0.404 e. The molecule has 0 aromatic rings. The highest BCUT2D eigenvalue weighted by atomic mass is 16.6. The van der Waals surface area contributed by atoms with Crippen molar-refractivity contribution in [3.05, 3.63) is 0 Å². The van der Waals surface area contributed by atoms with Crippen LogP contribution in [0.5, 0.6) is 0 Å². The Morgan fingerprint density at radius 1 is 1.08 bits per heavy atom. The van der Waals surface area contributed by atoms with Crippen LogP contribution in [0, 0.1) is 12.3 Å². The van der Waals surface area contributed by atoms with Crippen LogP contribution >= 0.6 is 0 Å². The van der Waals surface area contributed by atoms with Crippen molar-refractivity contribution in [1.82, 2.24) is 0 Å². The van der Waals surface area contributed by atoms with Gasteiger partial charge in [-0.1, -0.05) is 46.5 Å². The maximum atomic E-state index is 10.2. The second-order valence-electron chi connectivity index (χ2n) is 5.73. The van der Waals surface area contributed by atoms with Gasteiger partial charge in [0, 0.05) is 0 Å². The van der Waals surface area contributed by atoms with Gasteiger partial charge in [-0.3, -0.25) is 0 Å². The number of carbonyl (C=O) groups is 1. The zero-order valence-corrected chi connectivity index (χ0v) is 16.3. The number of terminal acetylenes is 1. The molecule has 25 heavy (non-hydrogen) atoms. The first-order chi connectivity index (χ1) is 12.0. The van der Waals surface area contributed by atoms with Crippen LogP contribution in [0.15, 0.2) is 0 Å². The van der Waals surface area contributed by atoms with Gasteiger partial charge in [0.05, 0.1) is 25.4 Å². The molecule has 0 aliphatic rings. The van der Waals surface area contributed by atoms with Crippen molar-refractivity contribution in [3.63, 3.8) is 0 Å². The van der Waals surface area contributed by atoms with Gasteiger partial charge in [0.1, 0.15) is 12.7 Å². The summed E-state index contributed by atoms with van der Waals surface area (Å²) in [5, 5.41) is 8.61. The fraction of sp³-hybridized carbons (Fsp3) is 0.842. The van der Waals surface area contributed by atoms with Crippen LogP contribution in [0.1, 0.15) is 66.2 Å². The number of ether oxygens (including phenoxy) is 3. The molecule has 3 N–H and O–H groups in total. The lowest BCUT2D eigenvalue weighted by Gasteiger charge is -2.22. The highest BCUT2D eigenvalue weighted by Crippen LogP contribution is 2.14. The van der Waals surface area contributed by atoms with Gasteiger partial charge in [0.25, 0.3) is 0 Å². The largest absolute Gasteiger partial charge is 0.441 e. The third kappa shape index (κ3) is 17.3. The Hall–Kier alpha value is -1.29. The summed E-state index contributed by atoms with van der Waals surface area (Å²) < 4.78 is 15.3. The standard InChI is InChI=1S/C12H26O.C7H11NO4/c1-5-9-11(7-3)13-12(8-4)10-6-2;1-2-3-11-5-6(4-9)12-7(8)10/h11-12H,5-10H2,1-4H3;1,6,9H,3-5H2,(H2,8,10). The molecule has 0 aliphatic carbocycles. The monoisotopic (exact) mass is 359 g/mol. The number of hydrogen-bond donors (Lipinski definition) is 2. The number of carbonyl (C=O) groups excluding carboxylic acids is 1. The average molecular weight is 360 g/mol. The minimum absolute atomic E-state index is 0.0453. The maximum absolute atomic E-state index is 10.2. The normalized spacial score (nSPS) is 13.8. The first kappa shape index (κ1) is 25.9. The van der Waals surface area contributed by atoms with E-state index in [1.165, 1.54) is 25.7 Å². The van der Waals surface area contributed by atoms with Crippen molar-refractivity contribution in [3.8, 4) is 12.3 Å². The number of hydrogen-bond acceptors (Lipinski definition) is 5. The fourth-order valence-electron chi connectivity index (χ4n) is 2.19. The molecule has 0 heterocycles. The van der Waals surface area contributed by atoms with Gasteiger partial charge < -0.3 is 25.1 Å². The van der Waals surface area contributed by atoms with Crippen molar-refractivity contribution in [2.45, 2.75) is 84.5 Å². The molecule has 0 bridgehead atoms. The predicted molar refractivity (Wildman–Crippen MR) is 100 cm³/mol. The van der Waals surface area contributed by atoms with Crippen LogP contribution in [0.25, 0.3) is 0 Å². The van der Waals surface area contributed by atoms with Gasteiger partial charge in [-0.25, -0.2) is 4.79 Å². The SMILES string of the molecule is C#CCOCC(CO)OC(N)=O.CCCC(CC)OC(CC)CCC. The molecule has 0 radical (unpaired) electrons. The molecule has 0 aromatic heterocycles. The predicted octanol–water partition coefficient (Wildman–Crippen LogP) is 3.25. The average Bonchev–Trinajstić information content (AvgIpc) is 2.60. The summed E-state index contributed by atoms with van der Waals surface area (Å²) in [6.45, 7) is 8.72.